The molecule has 4 aromatic rings. The number of hydrogen-bond acceptors (Lipinski definition) is 3. The number of ketones is 1. The van der Waals surface area contributed by atoms with E-state index in [9.17, 15) is 4.79 Å². The molecule has 0 spiro atoms. The second-order valence-electron chi connectivity index (χ2n) is 10.6. The number of rotatable bonds is 2. The molecule has 2 heterocycles. The number of benzene rings is 3. The Morgan fingerprint density at radius 2 is 1.74 bits per heavy atom. The molecule has 3 heteroatoms. The van der Waals surface area contributed by atoms with Gasteiger partial charge >= 0.3 is 0 Å². The molecule has 2 aliphatic rings. The number of carbonyl (C=O) groups excluding carboxylic acids is 1. The molecule has 1 aliphatic carbocycles. The number of hydrogen-bond donors (Lipinski definition) is 1. The minimum Gasteiger partial charge on any atom is -0.459 e. The summed E-state index contributed by atoms with van der Waals surface area (Å²) in [5.74, 6) is 1.83. The van der Waals surface area contributed by atoms with Crippen LogP contribution in [0.4, 0.5) is 5.69 Å². The average molecular weight is 448 g/mol. The molecule has 1 aliphatic heterocycles. The zero-order valence-corrected chi connectivity index (χ0v) is 20.2. The lowest BCUT2D eigenvalue weighted by molar-refractivity contribution is -0.118. The standard InChI is InChI=1S/C31H29NO2/c1-18-9-10-21(15-19(18)2)26-13-14-27(34-26)30-29-23(16-31(3,4)17-25(29)33)28-22-8-6-5-7-20(22)11-12-24(28)32-30/h5-15,30,32H,16-17H2,1-4H3/t30-/m1/s1. The van der Waals surface area contributed by atoms with E-state index in [-0.39, 0.29) is 17.2 Å². The summed E-state index contributed by atoms with van der Waals surface area (Å²) < 4.78 is 6.41. The molecule has 3 nitrogen and oxygen atoms in total. The largest absolute Gasteiger partial charge is 0.459 e. The highest BCUT2D eigenvalue weighted by Crippen LogP contribution is 2.52. The first kappa shape index (κ1) is 21.0. The molecule has 0 saturated heterocycles. The summed E-state index contributed by atoms with van der Waals surface area (Å²) in [5.41, 5.74) is 7.76. The summed E-state index contributed by atoms with van der Waals surface area (Å²) >= 11 is 0. The Labute approximate surface area is 200 Å². The Hall–Kier alpha value is -3.59. The van der Waals surface area contributed by atoms with Gasteiger partial charge in [0.15, 0.2) is 5.78 Å². The average Bonchev–Trinajstić information content (AvgIpc) is 3.29. The molecule has 0 fully saturated rings. The third kappa shape index (κ3) is 3.30. The molecule has 1 atom stereocenters. The molecular weight excluding hydrogens is 418 g/mol. The van der Waals surface area contributed by atoms with Gasteiger partial charge < -0.3 is 9.73 Å². The molecule has 1 N–H and O–H groups in total. The molecular formula is C31H29NO2. The number of nitrogens with one attached hydrogen (secondary N) is 1. The van der Waals surface area contributed by atoms with Crippen LogP contribution in [0.5, 0.6) is 0 Å². The molecule has 34 heavy (non-hydrogen) atoms. The molecule has 6 rings (SSSR count). The van der Waals surface area contributed by atoms with Gasteiger partial charge in [0.1, 0.15) is 17.6 Å². The van der Waals surface area contributed by atoms with Gasteiger partial charge in [0.2, 0.25) is 0 Å². The maximum Gasteiger partial charge on any atom is 0.162 e. The minimum absolute atomic E-state index is 0.0697. The zero-order valence-electron chi connectivity index (χ0n) is 20.2. The van der Waals surface area contributed by atoms with Crippen LogP contribution in [-0.2, 0) is 4.79 Å². The van der Waals surface area contributed by atoms with E-state index < -0.39 is 0 Å². The SMILES string of the molecule is Cc1ccc(-c2ccc([C@H]3Nc4ccc5ccccc5c4C4=C3C(=O)CC(C)(C)C4)o2)cc1C. The van der Waals surface area contributed by atoms with Crippen molar-refractivity contribution in [2.45, 2.75) is 46.6 Å². The highest BCUT2D eigenvalue weighted by molar-refractivity contribution is 6.12. The number of Topliss-reactive ketones (excluding diaryl/α,β-unsaturated/α-hetero) is 1. The maximum absolute atomic E-state index is 13.6. The van der Waals surface area contributed by atoms with Gasteiger partial charge in [-0.3, -0.25) is 4.79 Å². The van der Waals surface area contributed by atoms with Crippen LogP contribution in [0.2, 0.25) is 0 Å². The molecule has 1 aromatic heterocycles. The fourth-order valence-corrected chi connectivity index (χ4v) is 5.61. The molecule has 0 bridgehead atoms. The normalized spacial score (nSPS) is 19.1. The van der Waals surface area contributed by atoms with E-state index in [0.29, 0.717) is 6.42 Å². The number of fused-ring (bicyclic) bond motifs is 4. The van der Waals surface area contributed by atoms with Gasteiger partial charge in [-0.15, -0.1) is 0 Å². The topological polar surface area (TPSA) is 42.2 Å². The summed E-state index contributed by atoms with van der Waals surface area (Å²) in [4.78, 5) is 13.6. The van der Waals surface area contributed by atoms with E-state index in [1.54, 1.807) is 0 Å². The number of furan rings is 1. The fourth-order valence-electron chi connectivity index (χ4n) is 5.61. The number of carbonyl (C=O) groups is 1. The number of aryl methyl sites for hydroxylation is 2. The van der Waals surface area contributed by atoms with Gasteiger partial charge in [0, 0.05) is 28.8 Å². The van der Waals surface area contributed by atoms with E-state index in [1.165, 1.54) is 33.0 Å². The summed E-state index contributed by atoms with van der Waals surface area (Å²) in [6, 6.07) is 22.9. The van der Waals surface area contributed by atoms with E-state index in [0.717, 1.165) is 34.8 Å². The van der Waals surface area contributed by atoms with Crippen LogP contribution in [0.15, 0.2) is 76.7 Å². The number of anilines is 1. The van der Waals surface area contributed by atoms with E-state index in [2.05, 4.69) is 87.6 Å². The smallest absolute Gasteiger partial charge is 0.162 e. The van der Waals surface area contributed by atoms with Crippen molar-refractivity contribution in [2.75, 3.05) is 5.32 Å². The van der Waals surface area contributed by atoms with Crippen LogP contribution in [0.25, 0.3) is 27.7 Å². The Morgan fingerprint density at radius 3 is 2.56 bits per heavy atom. The Bertz CT molecular complexity index is 1500. The van der Waals surface area contributed by atoms with Crippen molar-refractivity contribution in [1.29, 1.82) is 0 Å². The summed E-state index contributed by atoms with van der Waals surface area (Å²) in [6.07, 6.45) is 1.42. The highest BCUT2D eigenvalue weighted by Gasteiger charge is 2.41. The van der Waals surface area contributed by atoms with Gasteiger partial charge in [-0.1, -0.05) is 56.3 Å². The molecule has 0 radical (unpaired) electrons. The summed E-state index contributed by atoms with van der Waals surface area (Å²) in [5, 5.41) is 6.06. The summed E-state index contributed by atoms with van der Waals surface area (Å²) in [7, 11) is 0. The van der Waals surface area contributed by atoms with Crippen LogP contribution >= 0.6 is 0 Å². The van der Waals surface area contributed by atoms with Gasteiger partial charge in [-0.2, -0.15) is 0 Å². The first-order valence-electron chi connectivity index (χ1n) is 12.0. The second kappa shape index (κ2) is 7.46. The van der Waals surface area contributed by atoms with Crippen molar-refractivity contribution < 1.29 is 9.21 Å². The molecule has 0 saturated carbocycles. The van der Waals surface area contributed by atoms with Crippen molar-refractivity contribution >= 4 is 27.8 Å². The van der Waals surface area contributed by atoms with Crippen LogP contribution in [0.1, 0.15) is 55.2 Å². The molecule has 170 valence electrons. The van der Waals surface area contributed by atoms with Crippen molar-refractivity contribution in [3.63, 3.8) is 0 Å². The fraction of sp³-hybridized carbons (Fsp3) is 0.258. The van der Waals surface area contributed by atoms with Gasteiger partial charge in [0.25, 0.3) is 0 Å². The highest BCUT2D eigenvalue weighted by atomic mass is 16.3. The first-order chi connectivity index (χ1) is 16.3. The molecule has 0 amide bonds. The molecule has 0 unspecified atom stereocenters. The molecule has 3 aromatic carbocycles. The lowest BCUT2D eigenvalue weighted by Gasteiger charge is -2.39. The third-order valence-corrected chi connectivity index (χ3v) is 7.44. The van der Waals surface area contributed by atoms with Crippen molar-refractivity contribution in [3.05, 3.63) is 94.8 Å². The predicted octanol–water partition coefficient (Wildman–Crippen LogP) is 8.03. The third-order valence-electron chi connectivity index (χ3n) is 7.44. The number of allylic oxidation sites excluding steroid dienone is 1. The van der Waals surface area contributed by atoms with E-state index >= 15 is 0 Å². The van der Waals surface area contributed by atoms with Gasteiger partial charge in [0.05, 0.1) is 0 Å². The van der Waals surface area contributed by atoms with Crippen LogP contribution < -0.4 is 5.32 Å². The monoisotopic (exact) mass is 447 g/mol. The predicted molar refractivity (Wildman–Crippen MR) is 139 cm³/mol. The summed E-state index contributed by atoms with van der Waals surface area (Å²) in [6.45, 7) is 8.62. The maximum atomic E-state index is 13.6. The van der Waals surface area contributed by atoms with Crippen LogP contribution in [0.3, 0.4) is 0 Å². The quantitative estimate of drug-likeness (QED) is 0.338. The van der Waals surface area contributed by atoms with E-state index in [4.69, 9.17) is 4.42 Å². The van der Waals surface area contributed by atoms with Gasteiger partial charge in [-0.25, -0.2) is 0 Å². The lowest BCUT2D eigenvalue weighted by atomic mass is 9.68. The van der Waals surface area contributed by atoms with E-state index in [1.807, 2.05) is 12.1 Å². The Balaban J connectivity index is 1.52. The minimum atomic E-state index is -0.285. The lowest BCUT2D eigenvalue weighted by Crippen LogP contribution is -2.33. The van der Waals surface area contributed by atoms with Gasteiger partial charge in [-0.05, 0) is 77.4 Å². The van der Waals surface area contributed by atoms with Crippen LogP contribution in [-0.4, -0.2) is 5.78 Å². The Morgan fingerprint density at radius 1 is 0.912 bits per heavy atom. The van der Waals surface area contributed by atoms with Crippen molar-refractivity contribution in [3.8, 4) is 11.3 Å². The van der Waals surface area contributed by atoms with Crippen molar-refractivity contribution in [2.24, 2.45) is 5.41 Å². The van der Waals surface area contributed by atoms with Crippen LogP contribution in [0, 0.1) is 19.3 Å². The Kier molecular flexibility index (Phi) is 4.60. The zero-order chi connectivity index (χ0) is 23.6. The first-order valence-corrected chi connectivity index (χ1v) is 12.0. The second-order valence-corrected chi connectivity index (χ2v) is 10.6. The van der Waals surface area contributed by atoms with Crippen molar-refractivity contribution in [1.82, 2.24) is 0 Å².